The van der Waals surface area contributed by atoms with E-state index in [4.69, 9.17) is 5.73 Å². The SMILES string of the molecule is CC(C)NCCNCCN. The van der Waals surface area contributed by atoms with Crippen LogP contribution in [0.4, 0.5) is 0 Å². The van der Waals surface area contributed by atoms with E-state index in [1.807, 2.05) is 0 Å². The van der Waals surface area contributed by atoms with Crippen molar-refractivity contribution in [2.45, 2.75) is 19.9 Å². The van der Waals surface area contributed by atoms with Crippen molar-refractivity contribution in [1.29, 1.82) is 0 Å². The van der Waals surface area contributed by atoms with Gasteiger partial charge in [0, 0.05) is 32.2 Å². The Labute approximate surface area is 63.4 Å². The summed E-state index contributed by atoms with van der Waals surface area (Å²) in [4.78, 5) is 0. The fraction of sp³-hybridized carbons (Fsp3) is 1.00. The van der Waals surface area contributed by atoms with Crippen molar-refractivity contribution >= 4 is 0 Å². The Morgan fingerprint density at radius 3 is 2.40 bits per heavy atom. The average molecular weight is 145 g/mol. The number of hydrogen-bond donors (Lipinski definition) is 3. The van der Waals surface area contributed by atoms with Crippen molar-refractivity contribution in [1.82, 2.24) is 10.6 Å². The minimum absolute atomic E-state index is 0.583. The zero-order valence-electron chi connectivity index (χ0n) is 6.98. The van der Waals surface area contributed by atoms with E-state index in [1.165, 1.54) is 0 Å². The van der Waals surface area contributed by atoms with Gasteiger partial charge in [0.05, 0.1) is 0 Å². The molecule has 0 aromatic carbocycles. The predicted molar refractivity (Wildman–Crippen MR) is 45.1 cm³/mol. The fourth-order valence-corrected chi connectivity index (χ4v) is 0.676. The van der Waals surface area contributed by atoms with Crippen LogP contribution in [-0.2, 0) is 0 Å². The first-order valence-electron chi connectivity index (χ1n) is 3.91. The molecular formula is C7H19N3. The molecule has 0 amide bonds. The smallest absolute Gasteiger partial charge is 0.00791 e. The van der Waals surface area contributed by atoms with E-state index in [0.717, 1.165) is 26.2 Å². The maximum absolute atomic E-state index is 5.29. The quantitative estimate of drug-likeness (QED) is 0.443. The zero-order valence-corrected chi connectivity index (χ0v) is 6.98. The van der Waals surface area contributed by atoms with Gasteiger partial charge in [-0.3, -0.25) is 0 Å². The second-order valence-electron chi connectivity index (χ2n) is 2.65. The second-order valence-corrected chi connectivity index (χ2v) is 2.65. The van der Waals surface area contributed by atoms with Crippen LogP contribution in [0.1, 0.15) is 13.8 Å². The van der Waals surface area contributed by atoms with Crippen LogP contribution in [0.5, 0.6) is 0 Å². The molecule has 0 aromatic rings. The molecule has 10 heavy (non-hydrogen) atoms. The van der Waals surface area contributed by atoms with Gasteiger partial charge in [0.25, 0.3) is 0 Å². The van der Waals surface area contributed by atoms with Crippen LogP contribution in [0.15, 0.2) is 0 Å². The van der Waals surface area contributed by atoms with Gasteiger partial charge in [-0.2, -0.15) is 0 Å². The highest BCUT2D eigenvalue weighted by Gasteiger charge is 1.89. The average Bonchev–Trinajstić information content (AvgIpc) is 1.87. The lowest BCUT2D eigenvalue weighted by molar-refractivity contribution is 0.558. The van der Waals surface area contributed by atoms with E-state index >= 15 is 0 Å². The summed E-state index contributed by atoms with van der Waals surface area (Å²) in [5, 5.41) is 6.50. The van der Waals surface area contributed by atoms with Crippen LogP contribution in [0, 0.1) is 0 Å². The number of hydrogen-bond acceptors (Lipinski definition) is 3. The van der Waals surface area contributed by atoms with Crippen molar-refractivity contribution in [3.63, 3.8) is 0 Å². The Bertz CT molecular complexity index is 63.9. The lowest BCUT2D eigenvalue weighted by Gasteiger charge is -2.07. The number of nitrogens with two attached hydrogens (primary N) is 1. The molecule has 62 valence electrons. The van der Waals surface area contributed by atoms with Gasteiger partial charge in [0.2, 0.25) is 0 Å². The Morgan fingerprint density at radius 1 is 1.20 bits per heavy atom. The molecule has 0 fully saturated rings. The first-order valence-corrected chi connectivity index (χ1v) is 3.91. The fourth-order valence-electron chi connectivity index (χ4n) is 0.676. The second kappa shape index (κ2) is 6.99. The molecule has 0 aliphatic heterocycles. The monoisotopic (exact) mass is 145 g/mol. The summed E-state index contributed by atoms with van der Waals surface area (Å²) in [7, 11) is 0. The Kier molecular flexibility index (Phi) is 6.91. The Balaban J connectivity index is 2.77. The Hall–Kier alpha value is -0.120. The topological polar surface area (TPSA) is 50.1 Å². The summed E-state index contributed by atoms with van der Waals surface area (Å²) in [5.41, 5.74) is 5.29. The van der Waals surface area contributed by atoms with Crippen molar-refractivity contribution in [3.8, 4) is 0 Å². The van der Waals surface area contributed by atoms with E-state index < -0.39 is 0 Å². The molecular weight excluding hydrogens is 126 g/mol. The lowest BCUT2D eigenvalue weighted by Crippen LogP contribution is -2.33. The molecule has 0 radical (unpaired) electrons. The summed E-state index contributed by atoms with van der Waals surface area (Å²) in [6.07, 6.45) is 0. The first-order chi connectivity index (χ1) is 4.77. The molecule has 3 nitrogen and oxygen atoms in total. The molecule has 0 atom stereocenters. The summed E-state index contributed by atoms with van der Waals surface area (Å²) in [6.45, 7) is 7.96. The minimum atomic E-state index is 0.583. The van der Waals surface area contributed by atoms with Crippen LogP contribution in [0.2, 0.25) is 0 Å². The molecule has 4 N–H and O–H groups in total. The van der Waals surface area contributed by atoms with Gasteiger partial charge >= 0.3 is 0 Å². The molecule has 0 heterocycles. The normalized spacial score (nSPS) is 10.8. The zero-order chi connectivity index (χ0) is 7.82. The molecule has 0 saturated heterocycles. The largest absolute Gasteiger partial charge is 0.329 e. The van der Waals surface area contributed by atoms with Crippen molar-refractivity contribution in [3.05, 3.63) is 0 Å². The van der Waals surface area contributed by atoms with Crippen LogP contribution in [0.25, 0.3) is 0 Å². The van der Waals surface area contributed by atoms with Gasteiger partial charge in [0.1, 0.15) is 0 Å². The molecule has 0 saturated carbocycles. The van der Waals surface area contributed by atoms with Crippen molar-refractivity contribution in [2.75, 3.05) is 26.2 Å². The molecule has 0 aliphatic carbocycles. The van der Waals surface area contributed by atoms with Crippen LogP contribution < -0.4 is 16.4 Å². The molecule has 0 spiro atoms. The third-order valence-electron chi connectivity index (χ3n) is 1.18. The van der Waals surface area contributed by atoms with Crippen molar-refractivity contribution in [2.24, 2.45) is 5.73 Å². The van der Waals surface area contributed by atoms with Gasteiger partial charge in [-0.15, -0.1) is 0 Å². The highest BCUT2D eigenvalue weighted by atomic mass is 15.0. The number of rotatable bonds is 6. The number of nitrogens with one attached hydrogen (secondary N) is 2. The lowest BCUT2D eigenvalue weighted by atomic mass is 10.4. The van der Waals surface area contributed by atoms with Crippen LogP contribution in [0.3, 0.4) is 0 Å². The van der Waals surface area contributed by atoms with Gasteiger partial charge in [0.15, 0.2) is 0 Å². The molecule has 3 heteroatoms. The van der Waals surface area contributed by atoms with E-state index in [9.17, 15) is 0 Å². The summed E-state index contributed by atoms with van der Waals surface area (Å²) in [5.74, 6) is 0. The molecule has 0 aliphatic rings. The molecule has 0 bridgehead atoms. The molecule has 0 aromatic heterocycles. The van der Waals surface area contributed by atoms with Gasteiger partial charge in [-0.25, -0.2) is 0 Å². The van der Waals surface area contributed by atoms with Crippen LogP contribution in [-0.4, -0.2) is 32.2 Å². The van der Waals surface area contributed by atoms with Crippen molar-refractivity contribution < 1.29 is 0 Å². The standard InChI is InChI=1S/C7H19N3/c1-7(2)10-6-5-9-4-3-8/h7,9-10H,3-6,8H2,1-2H3. The van der Waals surface area contributed by atoms with E-state index in [-0.39, 0.29) is 0 Å². The van der Waals surface area contributed by atoms with Crippen LogP contribution >= 0.6 is 0 Å². The van der Waals surface area contributed by atoms with E-state index in [1.54, 1.807) is 0 Å². The third kappa shape index (κ3) is 7.88. The highest BCUT2D eigenvalue weighted by molar-refractivity contribution is 4.55. The van der Waals surface area contributed by atoms with Gasteiger partial charge < -0.3 is 16.4 Å². The highest BCUT2D eigenvalue weighted by Crippen LogP contribution is 1.72. The Morgan fingerprint density at radius 2 is 1.90 bits per heavy atom. The third-order valence-corrected chi connectivity index (χ3v) is 1.18. The summed E-state index contributed by atoms with van der Waals surface area (Å²) in [6, 6.07) is 0.583. The molecule has 0 unspecified atom stereocenters. The predicted octanol–water partition coefficient (Wildman–Crippen LogP) is -0.467. The summed E-state index contributed by atoms with van der Waals surface area (Å²) >= 11 is 0. The summed E-state index contributed by atoms with van der Waals surface area (Å²) < 4.78 is 0. The van der Waals surface area contributed by atoms with Gasteiger partial charge in [-0.05, 0) is 0 Å². The maximum Gasteiger partial charge on any atom is 0.00791 e. The van der Waals surface area contributed by atoms with E-state index in [0.29, 0.717) is 6.04 Å². The van der Waals surface area contributed by atoms with E-state index in [2.05, 4.69) is 24.5 Å². The minimum Gasteiger partial charge on any atom is -0.329 e. The molecule has 0 rings (SSSR count). The van der Waals surface area contributed by atoms with Gasteiger partial charge in [-0.1, -0.05) is 13.8 Å². The maximum atomic E-state index is 5.29. The first kappa shape index (κ1) is 9.88.